The summed E-state index contributed by atoms with van der Waals surface area (Å²) in [5.74, 6) is 0. The number of urea groups is 1. The van der Waals surface area contributed by atoms with E-state index in [9.17, 15) is 18.0 Å². The van der Waals surface area contributed by atoms with Gasteiger partial charge in [0.2, 0.25) is 0 Å². The molecule has 0 aliphatic heterocycles. The lowest BCUT2D eigenvalue weighted by atomic mass is 10.3. The van der Waals surface area contributed by atoms with Gasteiger partial charge < -0.3 is 10.2 Å². The van der Waals surface area contributed by atoms with Gasteiger partial charge >= 0.3 is 12.2 Å². The Morgan fingerprint density at radius 2 is 2.00 bits per heavy atom. The Morgan fingerprint density at radius 1 is 1.32 bits per heavy atom. The molecule has 1 aromatic carbocycles. The number of amides is 2. The molecule has 0 saturated heterocycles. The van der Waals surface area contributed by atoms with E-state index in [-0.39, 0.29) is 6.54 Å². The summed E-state index contributed by atoms with van der Waals surface area (Å²) in [5.41, 5.74) is 1.58. The first kappa shape index (κ1) is 15.9. The third kappa shape index (κ3) is 4.51. The van der Waals surface area contributed by atoms with Crippen LogP contribution in [0.1, 0.15) is 5.56 Å². The second kappa shape index (κ2) is 6.50. The van der Waals surface area contributed by atoms with Crippen molar-refractivity contribution in [2.75, 3.05) is 13.6 Å². The lowest BCUT2D eigenvalue weighted by Gasteiger charge is -2.17. The minimum atomic E-state index is -4.42. The molecule has 0 radical (unpaired) electrons. The Hall–Kier alpha value is -2.51. The van der Waals surface area contributed by atoms with Crippen LogP contribution in [0.2, 0.25) is 0 Å². The molecule has 1 aromatic heterocycles. The fourth-order valence-corrected chi connectivity index (χ4v) is 1.82. The van der Waals surface area contributed by atoms with E-state index in [2.05, 4.69) is 5.10 Å². The molecule has 0 spiro atoms. The van der Waals surface area contributed by atoms with Gasteiger partial charge in [-0.25, -0.2) is 9.48 Å². The molecular weight excluding hydrogens is 297 g/mol. The van der Waals surface area contributed by atoms with E-state index in [1.807, 2.05) is 35.6 Å². The molecule has 2 amide bonds. The molecule has 8 heteroatoms. The highest BCUT2D eigenvalue weighted by Crippen LogP contribution is 2.13. The molecule has 0 fully saturated rings. The molecule has 0 aliphatic rings. The van der Waals surface area contributed by atoms with E-state index in [0.717, 1.165) is 10.6 Å². The van der Waals surface area contributed by atoms with Crippen LogP contribution in [0.5, 0.6) is 0 Å². The highest BCUT2D eigenvalue weighted by molar-refractivity contribution is 5.73. The summed E-state index contributed by atoms with van der Waals surface area (Å²) in [7, 11) is 1.42. The van der Waals surface area contributed by atoms with Crippen molar-refractivity contribution in [3.05, 3.63) is 48.3 Å². The number of alkyl halides is 3. The van der Waals surface area contributed by atoms with Gasteiger partial charge in [0.05, 0.1) is 18.4 Å². The molecule has 1 heterocycles. The lowest BCUT2D eigenvalue weighted by molar-refractivity contribution is -0.123. The number of halogens is 3. The van der Waals surface area contributed by atoms with Crippen molar-refractivity contribution in [1.29, 1.82) is 0 Å². The summed E-state index contributed by atoms with van der Waals surface area (Å²) in [6.45, 7) is -1.18. The molecule has 0 atom stereocenters. The fourth-order valence-electron chi connectivity index (χ4n) is 1.82. The van der Waals surface area contributed by atoms with Crippen LogP contribution in [0.25, 0.3) is 5.69 Å². The van der Waals surface area contributed by atoms with E-state index < -0.39 is 18.8 Å². The zero-order valence-electron chi connectivity index (χ0n) is 11.8. The van der Waals surface area contributed by atoms with E-state index in [0.29, 0.717) is 5.56 Å². The molecule has 0 bridgehead atoms. The quantitative estimate of drug-likeness (QED) is 0.943. The number of aromatic nitrogens is 2. The summed E-state index contributed by atoms with van der Waals surface area (Å²) in [6.07, 6.45) is -1.13. The Balaban J connectivity index is 1.94. The highest BCUT2D eigenvalue weighted by Gasteiger charge is 2.28. The Bertz CT molecular complexity index is 625. The largest absolute Gasteiger partial charge is 0.405 e. The van der Waals surface area contributed by atoms with Crippen LogP contribution < -0.4 is 5.32 Å². The van der Waals surface area contributed by atoms with Gasteiger partial charge in [-0.2, -0.15) is 18.3 Å². The van der Waals surface area contributed by atoms with Gasteiger partial charge in [0.1, 0.15) is 6.54 Å². The van der Waals surface area contributed by atoms with Crippen molar-refractivity contribution in [2.24, 2.45) is 0 Å². The smallest absolute Gasteiger partial charge is 0.329 e. The maximum absolute atomic E-state index is 12.1. The molecule has 118 valence electrons. The number of nitrogens with one attached hydrogen (secondary N) is 1. The molecule has 2 aromatic rings. The summed E-state index contributed by atoms with van der Waals surface area (Å²) in [6, 6.07) is 8.57. The summed E-state index contributed by atoms with van der Waals surface area (Å²) in [4.78, 5) is 12.7. The summed E-state index contributed by atoms with van der Waals surface area (Å²) < 4.78 is 37.8. The first-order valence-corrected chi connectivity index (χ1v) is 6.50. The van der Waals surface area contributed by atoms with Crippen LogP contribution in [0, 0.1) is 0 Å². The molecule has 2 rings (SSSR count). The number of para-hydroxylation sites is 1. The average Bonchev–Trinajstić information content (AvgIpc) is 2.93. The van der Waals surface area contributed by atoms with Crippen LogP contribution in [0.15, 0.2) is 42.7 Å². The van der Waals surface area contributed by atoms with Gasteiger partial charge in [0.25, 0.3) is 0 Å². The molecule has 1 N–H and O–H groups in total. The van der Waals surface area contributed by atoms with Crippen LogP contribution in [0.3, 0.4) is 0 Å². The van der Waals surface area contributed by atoms with Gasteiger partial charge in [0, 0.05) is 18.8 Å². The average molecular weight is 312 g/mol. The van der Waals surface area contributed by atoms with E-state index in [4.69, 9.17) is 0 Å². The zero-order chi connectivity index (χ0) is 16.2. The number of carbonyl (C=O) groups is 1. The van der Waals surface area contributed by atoms with Crippen molar-refractivity contribution >= 4 is 6.03 Å². The maximum Gasteiger partial charge on any atom is 0.405 e. The van der Waals surface area contributed by atoms with Crippen molar-refractivity contribution in [3.8, 4) is 5.69 Å². The minimum absolute atomic E-state index is 0.163. The third-order valence-corrected chi connectivity index (χ3v) is 2.86. The fraction of sp³-hybridized carbons (Fsp3) is 0.286. The van der Waals surface area contributed by atoms with Gasteiger partial charge in [0.15, 0.2) is 0 Å². The number of nitrogens with zero attached hydrogens (tertiary/aromatic N) is 3. The van der Waals surface area contributed by atoms with Gasteiger partial charge in [-0.3, -0.25) is 0 Å². The standard InChI is InChI=1S/C14H15F3N4O/c1-20(13(22)18-10-14(15,16)17)8-11-7-19-21(9-11)12-5-3-2-4-6-12/h2-7,9H,8,10H2,1H3,(H,18,22). The molecular formula is C14H15F3N4O. The first-order valence-electron chi connectivity index (χ1n) is 6.50. The zero-order valence-corrected chi connectivity index (χ0v) is 11.8. The Labute approximate surface area is 125 Å². The summed E-state index contributed by atoms with van der Waals surface area (Å²) in [5, 5.41) is 5.98. The number of hydrogen-bond donors (Lipinski definition) is 1. The number of rotatable bonds is 4. The Kier molecular flexibility index (Phi) is 4.69. The second-order valence-corrected chi connectivity index (χ2v) is 4.76. The second-order valence-electron chi connectivity index (χ2n) is 4.76. The Morgan fingerprint density at radius 3 is 2.64 bits per heavy atom. The summed E-state index contributed by atoms with van der Waals surface area (Å²) >= 11 is 0. The van der Waals surface area contributed by atoms with Crippen LogP contribution >= 0.6 is 0 Å². The van der Waals surface area contributed by atoms with Gasteiger partial charge in [-0.1, -0.05) is 18.2 Å². The lowest BCUT2D eigenvalue weighted by Crippen LogP contribution is -2.41. The van der Waals surface area contributed by atoms with E-state index in [1.165, 1.54) is 7.05 Å². The predicted octanol–water partition coefficient (Wildman–Crippen LogP) is 2.58. The van der Waals surface area contributed by atoms with Crippen molar-refractivity contribution in [2.45, 2.75) is 12.7 Å². The predicted molar refractivity (Wildman–Crippen MR) is 74.5 cm³/mol. The van der Waals surface area contributed by atoms with Crippen LogP contribution in [-0.2, 0) is 6.54 Å². The molecule has 22 heavy (non-hydrogen) atoms. The van der Waals surface area contributed by atoms with Crippen molar-refractivity contribution in [3.63, 3.8) is 0 Å². The molecule has 0 aliphatic carbocycles. The number of hydrogen-bond acceptors (Lipinski definition) is 2. The highest BCUT2D eigenvalue weighted by atomic mass is 19.4. The van der Waals surface area contributed by atoms with Crippen LogP contribution in [-0.4, -0.2) is 40.5 Å². The maximum atomic E-state index is 12.1. The molecule has 0 unspecified atom stereocenters. The van der Waals surface area contributed by atoms with Crippen molar-refractivity contribution in [1.82, 2.24) is 20.0 Å². The number of benzene rings is 1. The van der Waals surface area contributed by atoms with Gasteiger partial charge in [-0.05, 0) is 12.1 Å². The number of carbonyl (C=O) groups excluding carboxylic acids is 1. The third-order valence-electron chi connectivity index (χ3n) is 2.86. The normalized spacial score (nSPS) is 11.3. The van der Waals surface area contributed by atoms with E-state index >= 15 is 0 Å². The van der Waals surface area contributed by atoms with Gasteiger partial charge in [-0.15, -0.1) is 0 Å². The monoisotopic (exact) mass is 312 g/mol. The van der Waals surface area contributed by atoms with Crippen LogP contribution in [0.4, 0.5) is 18.0 Å². The first-order chi connectivity index (χ1) is 10.3. The van der Waals surface area contributed by atoms with Crippen molar-refractivity contribution < 1.29 is 18.0 Å². The molecule has 5 nitrogen and oxygen atoms in total. The van der Waals surface area contributed by atoms with E-state index in [1.54, 1.807) is 17.1 Å². The SMILES string of the molecule is CN(Cc1cnn(-c2ccccc2)c1)C(=O)NCC(F)(F)F. The molecule has 0 saturated carbocycles. The minimum Gasteiger partial charge on any atom is -0.329 e. The topological polar surface area (TPSA) is 50.2 Å².